The summed E-state index contributed by atoms with van der Waals surface area (Å²) in [6.07, 6.45) is 0.906. The second kappa shape index (κ2) is 3.84. The molecule has 1 aliphatic heterocycles. The van der Waals surface area contributed by atoms with E-state index in [1.54, 1.807) is 4.90 Å². The Morgan fingerprint density at radius 1 is 1.41 bits per heavy atom. The van der Waals surface area contributed by atoms with Crippen molar-refractivity contribution in [2.24, 2.45) is 5.73 Å². The number of nitrogens with two attached hydrogens (primary N) is 1. The van der Waals surface area contributed by atoms with E-state index in [0.29, 0.717) is 0 Å². The molecule has 0 radical (unpaired) electrons. The Morgan fingerprint density at radius 2 is 2.06 bits per heavy atom. The molecule has 0 spiro atoms. The number of nitrogens with zero attached hydrogens (tertiary/aromatic N) is 1. The van der Waals surface area contributed by atoms with Crippen molar-refractivity contribution in [2.45, 2.75) is 38.6 Å². The zero-order valence-corrected chi connectivity index (χ0v) is 10.9. The quantitative estimate of drug-likeness (QED) is 0.850. The van der Waals surface area contributed by atoms with Crippen LogP contribution >= 0.6 is 0 Å². The van der Waals surface area contributed by atoms with Gasteiger partial charge in [0.15, 0.2) is 0 Å². The molecule has 0 aromatic heterocycles. The summed E-state index contributed by atoms with van der Waals surface area (Å²) in [5.41, 5.74) is 8.82. The first kappa shape index (κ1) is 12.1. The lowest BCUT2D eigenvalue weighted by atomic mass is 9.84. The maximum Gasteiger partial charge on any atom is 0.236 e. The van der Waals surface area contributed by atoms with Crippen molar-refractivity contribution in [3.05, 3.63) is 29.3 Å². The largest absolute Gasteiger partial charge is 0.324 e. The summed E-state index contributed by atoms with van der Waals surface area (Å²) >= 11 is 0. The van der Waals surface area contributed by atoms with Crippen LogP contribution in [0.15, 0.2) is 18.2 Å². The number of carbonyl (C=O) groups excluding carboxylic acids is 1. The first-order valence-electron chi connectivity index (χ1n) is 6.07. The van der Waals surface area contributed by atoms with Crippen molar-refractivity contribution < 1.29 is 4.79 Å². The lowest BCUT2D eigenvalue weighted by molar-refractivity contribution is -0.121. The first-order valence-corrected chi connectivity index (χ1v) is 6.07. The van der Waals surface area contributed by atoms with E-state index in [9.17, 15) is 4.79 Å². The second-order valence-corrected chi connectivity index (χ2v) is 5.28. The van der Waals surface area contributed by atoms with E-state index in [1.807, 2.05) is 33.0 Å². The summed E-state index contributed by atoms with van der Waals surface area (Å²) < 4.78 is 0. The number of fused-ring (bicyclic) bond motifs is 1. The molecule has 1 atom stereocenters. The standard InChI is InChI=1S/C14H20N2O/c1-5-11(15)9-6-7-12-10(8-9)14(2,3)13(17)16(12)4/h6-8,11H,5,15H2,1-4H3. The molecule has 0 saturated heterocycles. The van der Waals surface area contributed by atoms with Gasteiger partial charge < -0.3 is 10.6 Å². The van der Waals surface area contributed by atoms with E-state index in [0.717, 1.165) is 23.2 Å². The van der Waals surface area contributed by atoms with E-state index in [-0.39, 0.29) is 11.9 Å². The van der Waals surface area contributed by atoms with Crippen LogP contribution in [0.25, 0.3) is 0 Å². The minimum absolute atomic E-state index is 0.0529. The van der Waals surface area contributed by atoms with Crippen molar-refractivity contribution in [1.29, 1.82) is 0 Å². The molecule has 2 rings (SSSR count). The van der Waals surface area contributed by atoms with Gasteiger partial charge in [0.05, 0.1) is 5.41 Å². The number of benzene rings is 1. The third kappa shape index (κ3) is 1.65. The highest BCUT2D eigenvalue weighted by molar-refractivity contribution is 6.07. The zero-order chi connectivity index (χ0) is 12.8. The second-order valence-electron chi connectivity index (χ2n) is 5.28. The molecule has 17 heavy (non-hydrogen) atoms. The van der Waals surface area contributed by atoms with Crippen LogP contribution in [-0.4, -0.2) is 13.0 Å². The van der Waals surface area contributed by atoms with E-state index in [4.69, 9.17) is 5.73 Å². The topological polar surface area (TPSA) is 46.3 Å². The third-order valence-electron chi connectivity index (χ3n) is 3.76. The number of anilines is 1. The predicted molar refractivity (Wildman–Crippen MR) is 70.1 cm³/mol. The Labute approximate surface area is 103 Å². The molecule has 1 unspecified atom stereocenters. The van der Waals surface area contributed by atoms with Crippen LogP contribution in [0, 0.1) is 0 Å². The smallest absolute Gasteiger partial charge is 0.236 e. The lowest BCUT2D eigenvalue weighted by Crippen LogP contribution is -2.33. The monoisotopic (exact) mass is 232 g/mol. The molecule has 0 aliphatic carbocycles. The number of rotatable bonds is 2. The fourth-order valence-electron chi connectivity index (χ4n) is 2.46. The average molecular weight is 232 g/mol. The van der Waals surface area contributed by atoms with Crippen molar-refractivity contribution in [1.82, 2.24) is 0 Å². The third-order valence-corrected chi connectivity index (χ3v) is 3.76. The Balaban J connectivity index is 2.54. The number of hydrogen-bond donors (Lipinski definition) is 1. The highest BCUT2D eigenvalue weighted by Gasteiger charge is 2.42. The Hall–Kier alpha value is -1.35. The summed E-state index contributed by atoms with van der Waals surface area (Å²) in [6, 6.07) is 6.17. The molecule has 0 fully saturated rings. The van der Waals surface area contributed by atoms with Gasteiger partial charge in [0.2, 0.25) is 5.91 Å². The number of hydrogen-bond acceptors (Lipinski definition) is 2. The van der Waals surface area contributed by atoms with Crippen LogP contribution in [0.5, 0.6) is 0 Å². The van der Waals surface area contributed by atoms with Crippen LogP contribution in [0.3, 0.4) is 0 Å². The van der Waals surface area contributed by atoms with Gasteiger partial charge in [-0.2, -0.15) is 0 Å². The molecule has 92 valence electrons. The maximum atomic E-state index is 12.1. The van der Waals surface area contributed by atoms with Crippen LogP contribution in [0.4, 0.5) is 5.69 Å². The normalized spacial score (nSPS) is 19.4. The van der Waals surface area contributed by atoms with Crippen molar-refractivity contribution in [3.63, 3.8) is 0 Å². The van der Waals surface area contributed by atoms with E-state index >= 15 is 0 Å². The Bertz CT molecular complexity index is 465. The van der Waals surface area contributed by atoms with Crippen molar-refractivity contribution >= 4 is 11.6 Å². The van der Waals surface area contributed by atoms with Gasteiger partial charge in [-0.1, -0.05) is 19.1 Å². The van der Waals surface area contributed by atoms with Gasteiger partial charge in [-0.3, -0.25) is 4.79 Å². The van der Waals surface area contributed by atoms with E-state index in [1.165, 1.54) is 0 Å². The lowest BCUT2D eigenvalue weighted by Gasteiger charge is -2.17. The van der Waals surface area contributed by atoms with Gasteiger partial charge in [0.1, 0.15) is 0 Å². The van der Waals surface area contributed by atoms with Gasteiger partial charge >= 0.3 is 0 Å². The molecule has 3 heteroatoms. The van der Waals surface area contributed by atoms with E-state index < -0.39 is 5.41 Å². The number of carbonyl (C=O) groups is 1. The molecule has 0 saturated carbocycles. The SMILES string of the molecule is CCC(N)c1ccc2c(c1)C(C)(C)C(=O)N2C. The van der Waals surface area contributed by atoms with Gasteiger partial charge in [-0.05, 0) is 37.5 Å². The summed E-state index contributed by atoms with van der Waals surface area (Å²) in [4.78, 5) is 13.9. The molecule has 1 aliphatic rings. The Morgan fingerprint density at radius 3 is 2.65 bits per heavy atom. The minimum atomic E-state index is -0.437. The minimum Gasteiger partial charge on any atom is -0.324 e. The Kier molecular flexibility index (Phi) is 2.74. The van der Waals surface area contributed by atoms with Crippen LogP contribution in [0.2, 0.25) is 0 Å². The van der Waals surface area contributed by atoms with Gasteiger partial charge in [-0.25, -0.2) is 0 Å². The number of likely N-dealkylation sites (N-methyl/N-ethyl adjacent to an activating group) is 1. The molecule has 1 aromatic rings. The summed E-state index contributed by atoms with van der Waals surface area (Å²) in [7, 11) is 1.83. The summed E-state index contributed by atoms with van der Waals surface area (Å²) in [5, 5.41) is 0. The first-order chi connectivity index (χ1) is 7.89. The average Bonchev–Trinajstić information content (AvgIpc) is 2.50. The summed E-state index contributed by atoms with van der Waals surface area (Å²) in [5.74, 6) is 0.148. The zero-order valence-electron chi connectivity index (χ0n) is 10.9. The highest BCUT2D eigenvalue weighted by atomic mass is 16.2. The molecular weight excluding hydrogens is 212 g/mol. The van der Waals surface area contributed by atoms with Crippen LogP contribution in [0.1, 0.15) is 44.4 Å². The molecule has 0 bridgehead atoms. The predicted octanol–water partition coefficient (Wildman–Crippen LogP) is 2.35. The molecule has 1 amide bonds. The van der Waals surface area contributed by atoms with Gasteiger partial charge in [0, 0.05) is 18.8 Å². The van der Waals surface area contributed by atoms with E-state index in [2.05, 4.69) is 13.0 Å². The molecular formula is C14H20N2O. The molecule has 1 heterocycles. The molecule has 2 N–H and O–H groups in total. The molecule has 1 aromatic carbocycles. The van der Waals surface area contributed by atoms with Crippen LogP contribution in [-0.2, 0) is 10.2 Å². The number of amides is 1. The van der Waals surface area contributed by atoms with Crippen LogP contribution < -0.4 is 10.6 Å². The molecule has 3 nitrogen and oxygen atoms in total. The highest BCUT2D eigenvalue weighted by Crippen LogP contribution is 2.41. The fourth-order valence-corrected chi connectivity index (χ4v) is 2.46. The van der Waals surface area contributed by atoms with Crippen molar-refractivity contribution in [2.75, 3.05) is 11.9 Å². The summed E-state index contributed by atoms with van der Waals surface area (Å²) in [6.45, 7) is 6.01. The fraction of sp³-hybridized carbons (Fsp3) is 0.500. The van der Waals surface area contributed by atoms with Gasteiger partial charge in [-0.15, -0.1) is 0 Å². The van der Waals surface area contributed by atoms with Crippen molar-refractivity contribution in [3.8, 4) is 0 Å². The maximum absolute atomic E-state index is 12.1. The van der Waals surface area contributed by atoms with Gasteiger partial charge in [0.25, 0.3) is 0 Å².